The average molecular weight is 474 g/mol. The summed E-state index contributed by atoms with van der Waals surface area (Å²) in [6.45, 7) is 3.97. The zero-order valence-electron chi connectivity index (χ0n) is 15.9. The van der Waals surface area contributed by atoms with Gasteiger partial charge < -0.3 is 11.2 Å². The molecule has 4 N–H and O–H groups in total. The summed E-state index contributed by atoms with van der Waals surface area (Å²) in [6.07, 6.45) is 1.64. The molecule has 150 valence electrons. The molecule has 0 aliphatic heterocycles. The van der Waals surface area contributed by atoms with E-state index in [1.807, 2.05) is 56.3 Å². The summed E-state index contributed by atoms with van der Waals surface area (Å²) in [4.78, 5) is 12.2. The number of benzene rings is 2. The van der Waals surface area contributed by atoms with Crippen molar-refractivity contribution >= 4 is 51.4 Å². The molecule has 0 unspecified atom stereocenters. The Morgan fingerprint density at radius 3 is 2.86 bits per heavy atom. The predicted octanol–water partition coefficient (Wildman–Crippen LogP) is 3.55. The molecular weight excluding hydrogens is 454 g/mol. The Balaban J connectivity index is 1.54. The Morgan fingerprint density at radius 2 is 2.10 bits per heavy atom. The smallest absolute Gasteiger partial charge is 0.264 e. The van der Waals surface area contributed by atoms with Crippen LogP contribution in [0.5, 0.6) is 0 Å². The summed E-state index contributed by atoms with van der Waals surface area (Å²) in [5.41, 5.74) is 6.61. The molecule has 1 amide bonds. The first-order valence-corrected chi connectivity index (χ1v) is 10.5. The molecule has 0 aliphatic rings. The minimum absolute atomic E-state index is 0.146. The molecule has 3 aromatic rings. The van der Waals surface area contributed by atoms with Crippen molar-refractivity contribution in [3.8, 4) is 0 Å². The van der Waals surface area contributed by atoms with Crippen molar-refractivity contribution < 1.29 is 4.79 Å². The number of rotatable bonds is 7. The summed E-state index contributed by atoms with van der Waals surface area (Å²) in [5, 5.41) is 15.3. The van der Waals surface area contributed by atoms with Crippen LogP contribution in [-0.2, 0) is 4.79 Å². The first-order chi connectivity index (χ1) is 13.9. The van der Waals surface area contributed by atoms with Gasteiger partial charge in [-0.3, -0.25) is 4.79 Å². The van der Waals surface area contributed by atoms with Crippen molar-refractivity contribution in [2.45, 2.75) is 19.0 Å². The lowest BCUT2D eigenvalue weighted by molar-refractivity contribution is -0.113. The highest BCUT2D eigenvalue weighted by Gasteiger charge is 2.12. The van der Waals surface area contributed by atoms with Crippen LogP contribution in [0.4, 0.5) is 11.6 Å². The maximum atomic E-state index is 12.2. The highest BCUT2D eigenvalue weighted by molar-refractivity contribution is 9.10. The van der Waals surface area contributed by atoms with Crippen LogP contribution in [0.2, 0.25) is 0 Å². The third-order valence-electron chi connectivity index (χ3n) is 3.88. The molecule has 2 aromatic carbocycles. The summed E-state index contributed by atoms with van der Waals surface area (Å²) in [6, 6.07) is 13.6. The second-order valence-electron chi connectivity index (χ2n) is 6.26. The van der Waals surface area contributed by atoms with Gasteiger partial charge in [0.15, 0.2) is 0 Å². The molecule has 0 bridgehead atoms. The summed E-state index contributed by atoms with van der Waals surface area (Å²) >= 11 is 4.60. The van der Waals surface area contributed by atoms with Crippen molar-refractivity contribution in [1.29, 1.82) is 0 Å². The number of carbonyl (C=O) groups excluding carboxylic acids is 1. The summed E-state index contributed by atoms with van der Waals surface area (Å²) in [5.74, 6) is 6.26. The molecule has 0 atom stereocenters. The molecule has 0 spiro atoms. The lowest BCUT2D eigenvalue weighted by atomic mass is 10.1. The van der Waals surface area contributed by atoms with Gasteiger partial charge in [0.25, 0.3) is 5.95 Å². The number of amides is 1. The van der Waals surface area contributed by atoms with Gasteiger partial charge in [0.05, 0.1) is 12.0 Å². The molecule has 1 aromatic heterocycles. The number of anilines is 2. The number of hydrogen-bond donors (Lipinski definition) is 3. The zero-order valence-corrected chi connectivity index (χ0v) is 18.3. The lowest BCUT2D eigenvalue weighted by Crippen LogP contribution is -2.17. The SMILES string of the molecule is Cc1ccc(NC(=O)CSc2nnc(N/N=C/c3cccc(Br)c3)n2N)c(C)c1. The number of aryl methyl sites for hydroxylation is 2. The van der Waals surface area contributed by atoms with Gasteiger partial charge in [0.2, 0.25) is 11.1 Å². The number of nitrogens with one attached hydrogen (secondary N) is 2. The first kappa shape index (κ1) is 20.9. The van der Waals surface area contributed by atoms with Gasteiger partial charge in [0, 0.05) is 10.2 Å². The number of nitrogen functional groups attached to an aromatic ring is 1. The minimum Gasteiger partial charge on any atom is -0.334 e. The van der Waals surface area contributed by atoms with E-state index in [2.05, 4.69) is 42.0 Å². The van der Waals surface area contributed by atoms with E-state index in [-0.39, 0.29) is 17.6 Å². The van der Waals surface area contributed by atoms with Crippen LogP contribution in [0.1, 0.15) is 16.7 Å². The molecule has 8 nitrogen and oxygen atoms in total. The minimum atomic E-state index is -0.146. The summed E-state index contributed by atoms with van der Waals surface area (Å²) in [7, 11) is 0. The topological polar surface area (TPSA) is 110 Å². The Hall–Kier alpha value is -2.85. The van der Waals surface area contributed by atoms with Gasteiger partial charge in [-0.25, -0.2) is 10.1 Å². The van der Waals surface area contributed by atoms with Crippen LogP contribution < -0.4 is 16.6 Å². The van der Waals surface area contributed by atoms with E-state index < -0.39 is 0 Å². The number of halogens is 1. The molecule has 0 aliphatic carbocycles. The van der Waals surface area contributed by atoms with E-state index in [1.54, 1.807) is 6.21 Å². The fourth-order valence-corrected chi connectivity index (χ4v) is 3.55. The third kappa shape index (κ3) is 5.81. The Kier molecular flexibility index (Phi) is 6.89. The van der Waals surface area contributed by atoms with Crippen LogP contribution in [0, 0.1) is 13.8 Å². The molecule has 0 saturated heterocycles. The number of nitrogens with zero attached hydrogens (tertiary/aromatic N) is 4. The van der Waals surface area contributed by atoms with Crippen LogP contribution in [0.25, 0.3) is 0 Å². The van der Waals surface area contributed by atoms with E-state index in [1.165, 1.54) is 16.4 Å². The fraction of sp³-hybridized carbons (Fsp3) is 0.158. The highest BCUT2D eigenvalue weighted by atomic mass is 79.9. The Morgan fingerprint density at radius 1 is 1.28 bits per heavy atom. The van der Waals surface area contributed by atoms with Gasteiger partial charge in [-0.05, 0) is 43.2 Å². The number of thioether (sulfide) groups is 1. The van der Waals surface area contributed by atoms with E-state index in [0.717, 1.165) is 26.9 Å². The van der Waals surface area contributed by atoms with Gasteiger partial charge in [0.1, 0.15) is 0 Å². The van der Waals surface area contributed by atoms with Gasteiger partial charge >= 0.3 is 0 Å². The number of aromatic nitrogens is 3. The molecule has 0 saturated carbocycles. The number of hydrogen-bond acceptors (Lipinski definition) is 7. The standard InChI is InChI=1S/C19H20BrN7OS/c1-12-6-7-16(13(2)8-12)23-17(28)11-29-19-26-25-18(27(19)21)24-22-10-14-4-3-5-15(20)9-14/h3-10H,11,21H2,1-2H3,(H,23,28)(H,24,25)/b22-10+. The molecular formula is C19H20BrN7OS. The average Bonchev–Trinajstić information content (AvgIpc) is 3.02. The van der Waals surface area contributed by atoms with Crippen molar-refractivity contribution in [2.75, 3.05) is 22.3 Å². The van der Waals surface area contributed by atoms with E-state index in [9.17, 15) is 4.79 Å². The molecule has 10 heteroatoms. The number of hydrazone groups is 1. The van der Waals surface area contributed by atoms with Crippen molar-refractivity contribution in [3.63, 3.8) is 0 Å². The molecule has 29 heavy (non-hydrogen) atoms. The second-order valence-corrected chi connectivity index (χ2v) is 8.11. The van der Waals surface area contributed by atoms with Crippen molar-refractivity contribution in [2.24, 2.45) is 5.10 Å². The zero-order chi connectivity index (χ0) is 20.8. The summed E-state index contributed by atoms with van der Waals surface area (Å²) < 4.78 is 2.22. The van der Waals surface area contributed by atoms with Crippen molar-refractivity contribution in [1.82, 2.24) is 14.9 Å². The van der Waals surface area contributed by atoms with Gasteiger partial charge in [-0.15, -0.1) is 10.2 Å². The van der Waals surface area contributed by atoms with Crippen LogP contribution >= 0.6 is 27.7 Å². The Labute approximate surface area is 181 Å². The molecule has 3 rings (SSSR count). The normalized spacial score (nSPS) is 11.0. The molecule has 0 radical (unpaired) electrons. The predicted molar refractivity (Wildman–Crippen MR) is 121 cm³/mol. The fourth-order valence-electron chi connectivity index (χ4n) is 2.47. The van der Waals surface area contributed by atoms with Crippen LogP contribution in [0.3, 0.4) is 0 Å². The maximum absolute atomic E-state index is 12.2. The van der Waals surface area contributed by atoms with Crippen LogP contribution in [0.15, 0.2) is 57.2 Å². The third-order valence-corrected chi connectivity index (χ3v) is 5.32. The van der Waals surface area contributed by atoms with Gasteiger partial charge in [-0.1, -0.05) is 57.5 Å². The quantitative estimate of drug-likeness (QED) is 0.209. The lowest BCUT2D eigenvalue weighted by Gasteiger charge is -2.08. The largest absolute Gasteiger partial charge is 0.334 e. The first-order valence-electron chi connectivity index (χ1n) is 8.67. The monoisotopic (exact) mass is 473 g/mol. The van der Waals surface area contributed by atoms with E-state index >= 15 is 0 Å². The maximum Gasteiger partial charge on any atom is 0.264 e. The Bertz CT molecular complexity index is 1050. The number of nitrogens with two attached hydrogens (primary N) is 1. The molecule has 1 heterocycles. The highest BCUT2D eigenvalue weighted by Crippen LogP contribution is 2.19. The van der Waals surface area contributed by atoms with E-state index in [0.29, 0.717) is 5.16 Å². The van der Waals surface area contributed by atoms with Crippen molar-refractivity contribution in [3.05, 3.63) is 63.6 Å². The van der Waals surface area contributed by atoms with E-state index in [4.69, 9.17) is 5.84 Å². The van der Waals surface area contributed by atoms with Crippen LogP contribution in [-0.4, -0.2) is 32.7 Å². The molecule has 0 fully saturated rings. The number of carbonyl (C=O) groups is 1. The second kappa shape index (κ2) is 9.57. The van der Waals surface area contributed by atoms with Gasteiger partial charge in [-0.2, -0.15) is 5.10 Å².